The number of aromatic nitrogens is 1. The molecular weight excluding hydrogens is 448 g/mol. The summed E-state index contributed by atoms with van der Waals surface area (Å²) in [5.41, 5.74) is 3.23. The van der Waals surface area contributed by atoms with Crippen molar-refractivity contribution in [1.29, 1.82) is 0 Å². The van der Waals surface area contributed by atoms with Crippen molar-refractivity contribution in [1.82, 2.24) is 4.57 Å². The van der Waals surface area contributed by atoms with E-state index < -0.39 is 27.0 Å². The highest BCUT2D eigenvalue weighted by Gasteiger charge is 2.19. The third kappa shape index (κ3) is 4.83. The van der Waals surface area contributed by atoms with Gasteiger partial charge in [0.2, 0.25) is 0 Å². The van der Waals surface area contributed by atoms with Crippen molar-refractivity contribution in [3.05, 3.63) is 57.9 Å². The van der Waals surface area contributed by atoms with Crippen molar-refractivity contribution < 1.29 is 22.7 Å². The molecule has 1 amide bonds. The summed E-state index contributed by atoms with van der Waals surface area (Å²) < 4.78 is 32.3. The third-order valence-corrected chi connectivity index (χ3v) is 8.35. The fourth-order valence-electron chi connectivity index (χ4n) is 3.11. The summed E-state index contributed by atoms with van der Waals surface area (Å²) in [4.78, 5) is 29.8. The minimum atomic E-state index is -3.42. The van der Waals surface area contributed by atoms with E-state index in [1.54, 1.807) is 25.3 Å². The van der Waals surface area contributed by atoms with Crippen LogP contribution in [0.1, 0.15) is 42.3 Å². The Morgan fingerprint density at radius 1 is 1.09 bits per heavy atom. The molecule has 0 unspecified atom stereocenters. The van der Waals surface area contributed by atoms with Crippen LogP contribution in [0.25, 0.3) is 10.2 Å². The Labute approximate surface area is 191 Å². The number of esters is 1. The first-order chi connectivity index (χ1) is 15.0. The lowest BCUT2D eigenvalue weighted by Gasteiger charge is -2.08. The van der Waals surface area contributed by atoms with E-state index in [0.717, 1.165) is 21.3 Å². The molecule has 0 aliphatic rings. The Kier molecular flexibility index (Phi) is 7.00. The lowest BCUT2D eigenvalue weighted by Crippen LogP contribution is -2.23. The maximum atomic E-state index is 12.8. The van der Waals surface area contributed by atoms with Gasteiger partial charge in [-0.05, 0) is 82.1 Å². The SMILES string of the molecule is CCOC(=O)Cn1c(=NC(=O)c2ccc(S(=O)(=O)C(C)C)cc2)sc2cc(C)c(C)cc21. The van der Waals surface area contributed by atoms with E-state index in [9.17, 15) is 18.0 Å². The van der Waals surface area contributed by atoms with Gasteiger partial charge in [0.15, 0.2) is 14.6 Å². The van der Waals surface area contributed by atoms with E-state index in [4.69, 9.17) is 4.74 Å². The van der Waals surface area contributed by atoms with Crippen LogP contribution < -0.4 is 4.80 Å². The van der Waals surface area contributed by atoms with Crippen LogP contribution >= 0.6 is 11.3 Å². The first kappa shape index (κ1) is 23.9. The van der Waals surface area contributed by atoms with E-state index in [0.29, 0.717) is 4.80 Å². The number of fused-ring (bicyclic) bond motifs is 1. The molecule has 0 bridgehead atoms. The third-order valence-electron chi connectivity index (χ3n) is 5.14. The van der Waals surface area contributed by atoms with E-state index in [-0.39, 0.29) is 23.6 Å². The summed E-state index contributed by atoms with van der Waals surface area (Å²) >= 11 is 1.31. The number of thiazole rings is 1. The molecule has 0 N–H and O–H groups in total. The Balaban J connectivity index is 2.06. The highest BCUT2D eigenvalue weighted by atomic mass is 32.2. The quantitative estimate of drug-likeness (QED) is 0.507. The minimum absolute atomic E-state index is 0.0615. The second kappa shape index (κ2) is 9.38. The number of nitrogens with zero attached hydrogens (tertiary/aromatic N) is 2. The number of hydrogen-bond acceptors (Lipinski definition) is 6. The maximum absolute atomic E-state index is 12.8. The van der Waals surface area contributed by atoms with Gasteiger partial charge in [-0.1, -0.05) is 11.3 Å². The van der Waals surface area contributed by atoms with Crippen LogP contribution in [-0.4, -0.2) is 36.7 Å². The van der Waals surface area contributed by atoms with E-state index in [1.165, 1.54) is 35.6 Å². The molecule has 9 heteroatoms. The van der Waals surface area contributed by atoms with Gasteiger partial charge in [-0.25, -0.2) is 8.42 Å². The van der Waals surface area contributed by atoms with Gasteiger partial charge in [0, 0.05) is 5.56 Å². The highest BCUT2D eigenvalue weighted by Crippen LogP contribution is 2.22. The standard InChI is InChI=1S/C23H26N2O5S2/c1-6-30-21(26)13-25-19-11-15(4)16(5)12-20(19)31-23(25)24-22(27)17-7-9-18(10-8-17)32(28,29)14(2)3/h7-12,14H,6,13H2,1-5H3. The number of hydrogen-bond donors (Lipinski definition) is 0. The van der Waals surface area contributed by atoms with Gasteiger partial charge in [-0.3, -0.25) is 9.59 Å². The van der Waals surface area contributed by atoms with Crippen LogP contribution in [0.4, 0.5) is 0 Å². The van der Waals surface area contributed by atoms with Gasteiger partial charge in [0.05, 0.1) is 27.0 Å². The molecular formula is C23H26N2O5S2. The maximum Gasteiger partial charge on any atom is 0.326 e. The van der Waals surface area contributed by atoms with Gasteiger partial charge in [0.25, 0.3) is 5.91 Å². The van der Waals surface area contributed by atoms with Gasteiger partial charge in [-0.15, -0.1) is 0 Å². The van der Waals surface area contributed by atoms with E-state index in [1.807, 2.05) is 26.0 Å². The van der Waals surface area contributed by atoms with Gasteiger partial charge >= 0.3 is 5.97 Å². The molecule has 7 nitrogen and oxygen atoms in total. The van der Waals surface area contributed by atoms with Gasteiger partial charge in [-0.2, -0.15) is 4.99 Å². The first-order valence-electron chi connectivity index (χ1n) is 10.2. The summed E-state index contributed by atoms with van der Waals surface area (Å²) in [5.74, 6) is -0.932. The molecule has 0 fully saturated rings. The smallest absolute Gasteiger partial charge is 0.326 e. The highest BCUT2D eigenvalue weighted by molar-refractivity contribution is 7.92. The van der Waals surface area contributed by atoms with Crippen molar-refractivity contribution in [2.24, 2.45) is 4.99 Å². The summed E-state index contributed by atoms with van der Waals surface area (Å²) in [6.45, 7) is 9.13. The number of carbonyl (C=O) groups is 2. The topological polar surface area (TPSA) is 94.8 Å². The van der Waals surface area contributed by atoms with E-state index >= 15 is 0 Å². The number of sulfone groups is 1. The van der Waals surface area contributed by atoms with Crippen molar-refractivity contribution in [2.75, 3.05) is 6.61 Å². The molecule has 0 aliphatic heterocycles. The van der Waals surface area contributed by atoms with Crippen LogP contribution in [-0.2, 0) is 25.9 Å². The Bertz CT molecular complexity index is 1350. The number of amides is 1. The van der Waals surface area contributed by atoms with Crippen molar-refractivity contribution in [3.8, 4) is 0 Å². The molecule has 32 heavy (non-hydrogen) atoms. The van der Waals surface area contributed by atoms with Crippen molar-refractivity contribution >= 4 is 43.3 Å². The molecule has 0 atom stereocenters. The normalized spacial score (nSPS) is 12.5. The zero-order valence-corrected chi connectivity index (χ0v) is 20.3. The predicted molar refractivity (Wildman–Crippen MR) is 125 cm³/mol. The molecule has 1 aromatic heterocycles. The molecule has 2 aromatic carbocycles. The summed E-state index contributed by atoms with van der Waals surface area (Å²) in [5, 5.41) is -0.555. The zero-order chi connectivity index (χ0) is 23.6. The number of carbonyl (C=O) groups excluding carboxylic acids is 2. The van der Waals surface area contributed by atoms with E-state index in [2.05, 4.69) is 4.99 Å². The van der Waals surface area contributed by atoms with Crippen molar-refractivity contribution in [2.45, 2.75) is 51.3 Å². The predicted octanol–water partition coefficient (Wildman–Crippen LogP) is 3.81. The molecule has 0 radical (unpaired) electrons. The molecule has 0 spiro atoms. The number of benzene rings is 2. The average Bonchev–Trinajstić information content (AvgIpc) is 3.04. The molecule has 0 saturated carbocycles. The monoisotopic (exact) mass is 474 g/mol. The molecule has 0 saturated heterocycles. The second-order valence-corrected chi connectivity index (χ2v) is 11.2. The molecule has 170 valence electrons. The summed E-state index contributed by atoms with van der Waals surface area (Å²) in [6, 6.07) is 9.73. The largest absolute Gasteiger partial charge is 0.465 e. The fourth-order valence-corrected chi connectivity index (χ4v) is 5.27. The number of rotatable bonds is 6. The van der Waals surface area contributed by atoms with Gasteiger partial charge in [0.1, 0.15) is 6.54 Å². The Hall–Kier alpha value is -2.78. The van der Waals surface area contributed by atoms with Crippen molar-refractivity contribution in [3.63, 3.8) is 0 Å². The molecule has 0 aliphatic carbocycles. The summed E-state index contributed by atoms with van der Waals surface area (Å²) in [7, 11) is -3.42. The first-order valence-corrected chi connectivity index (χ1v) is 12.6. The molecule has 3 rings (SSSR count). The van der Waals surface area contributed by atoms with Crippen LogP contribution in [0.5, 0.6) is 0 Å². The molecule has 3 aromatic rings. The fraction of sp³-hybridized carbons (Fsp3) is 0.348. The average molecular weight is 475 g/mol. The van der Waals surface area contributed by atoms with Crippen LogP contribution in [0.3, 0.4) is 0 Å². The lowest BCUT2D eigenvalue weighted by atomic mass is 10.1. The Morgan fingerprint density at radius 3 is 2.31 bits per heavy atom. The zero-order valence-electron chi connectivity index (χ0n) is 18.7. The number of ether oxygens (including phenoxy) is 1. The van der Waals surface area contributed by atoms with Gasteiger partial charge < -0.3 is 9.30 Å². The van der Waals surface area contributed by atoms with Crippen LogP contribution in [0, 0.1) is 13.8 Å². The summed E-state index contributed by atoms with van der Waals surface area (Å²) in [6.07, 6.45) is 0. The lowest BCUT2D eigenvalue weighted by molar-refractivity contribution is -0.143. The minimum Gasteiger partial charge on any atom is -0.465 e. The Morgan fingerprint density at radius 2 is 1.72 bits per heavy atom. The second-order valence-electron chi connectivity index (χ2n) is 7.72. The number of aryl methyl sites for hydroxylation is 2. The molecule has 1 heterocycles. The van der Waals surface area contributed by atoms with Crippen LogP contribution in [0.2, 0.25) is 0 Å². The van der Waals surface area contributed by atoms with Crippen LogP contribution in [0.15, 0.2) is 46.3 Å².